The molecule has 1 heterocycles. The Bertz CT molecular complexity index is 330. The van der Waals surface area contributed by atoms with Crippen molar-refractivity contribution in [3.05, 3.63) is 11.7 Å². The van der Waals surface area contributed by atoms with Crippen LogP contribution in [0.5, 0.6) is 0 Å². The molecule has 0 fully saturated rings. The molecule has 0 aliphatic carbocycles. The highest BCUT2D eigenvalue weighted by Gasteiger charge is 2.31. The van der Waals surface area contributed by atoms with E-state index in [1.807, 2.05) is 14.0 Å². The highest BCUT2D eigenvalue weighted by Crippen LogP contribution is 2.34. The first-order chi connectivity index (χ1) is 7.40. The van der Waals surface area contributed by atoms with Gasteiger partial charge in [-0.1, -0.05) is 25.9 Å². The van der Waals surface area contributed by atoms with Gasteiger partial charge in [0.2, 0.25) is 11.7 Å². The summed E-state index contributed by atoms with van der Waals surface area (Å²) < 4.78 is 10.6. The fourth-order valence-corrected chi connectivity index (χ4v) is 1.50. The summed E-state index contributed by atoms with van der Waals surface area (Å²) in [6.07, 6.45) is -0.158. The third-order valence-corrected chi connectivity index (χ3v) is 2.52. The summed E-state index contributed by atoms with van der Waals surface area (Å²) in [6.45, 7) is 8.21. The van der Waals surface area contributed by atoms with Gasteiger partial charge < -0.3 is 14.6 Å². The van der Waals surface area contributed by atoms with Crippen molar-refractivity contribution < 1.29 is 9.26 Å². The van der Waals surface area contributed by atoms with Crippen molar-refractivity contribution in [3.63, 3.8) is 0 Å². The monoisotopic (exact) mass is 227 g/mol. The number of nitrogens with one attached hydrogen (secondary N) is 1. The van der Waals surface area contributed by atoms with Crippen LogP contribution in [-0.2, 0) is 4.74 Å². The van der Waals surface area contributed by atoms with E-state index in [-0.39, 0.29) is 17.6 Å². The quantitative estimate of drug-likeness (QED) is 0.853. The van der Waals surface area contributed by atoms with E-state index in [9.17, 15) is 0 Å². The SMILES string of the molecule is CNC(C)c1nc(C(OC)C(C)(C)C)no1. The predicted molar refractivity (Wildman–Crippen MR) is 61.0 cm³/mol. The largest absolute Gasteiger partial charge is 0.373 e. The van der Waals surface area contributed by atoms with Crippen molar-refractivity contribution >= 4 is 0 Å². The molecule has 0 radical (unpaired) electrons. The molecule has 1 aromatic rings. The van der Waals surface area contributed by atoms with Gasteiger partial charge in [0.15, 0.2) is 0 Å². The summed E-state index contributed by atoms with van der Waals surface area (Å²) in [5.41, 5.74) is -0.0568. The zero-order valence-electron chi connectivity index (χ0n) is 10.9. The molecular weight excluding hydrogens is 206 g/mol. The zero-order valence-corrected chi connectivity index (χ0v) is 10.9. The molecule has 0 saturated carbocycles. The van der Waals surface area contributed by atoms with Crippen LogP contribution in [0.1, 0.15) is 51.6 Å². The van der Waals surface area contributed by atoms with Gasteiger partial charge in [-0.05, 0) is 19.4 Å². The van der Waals surface area contributed by atoms with E-state index in [2.05, 4.69) is 36.2 Å². The molecule has 1 rings (SSSR count). The van der Waals surface area contributed by atoms with E-state index >= 15 is 0 Å². The molecule has 0 bridgehead atoms. The van der Waals surface area contributed by atoms with Gasteiger partial charge in [-0.2, -0.15) is 4.98 Å². The molecule has 92 valence electrons. The molecule has 2 unspecified atom stereocenters. The second-order valence-corrected chi connectivity index (χ2v) is 4.98. The van der Waals surface area contributed by atoms with Crippen LogP contribution in [-0.4, -0.2) is 24.3 Å². The Kier molecular flexibility index (Phi) is 4.04. The van der Waals surface area contributed by atoms with Gasteiger partial charge in [0.25, 0.3) is 0 Å². The molecule has 0 amide bonds. The van der Waals surface area contributed by atoms with Crippen molar-refractivity contribution in [2.24, 2.45) is 5.41 Å². The van der Waals surface area contributed by atoms with Gasteiger partial charge in [-0.3, -0.25) is 0 Å². The highest BCUT2D eigenvalue weighted by atomic mass is 16.5. The number of nitrogens with zero attached hydrogens (tertiary/aromatic N) is 2. The third-order valence-electron chi connectivity index (χ3n) is 2.52. The fourth-order valence-electron chi connectivity index (χ4n) is 1.50. The minimum absolute atomic E-state index is 0.0544. The van der Waals surface area contributed by atoms with Gasteiger partial charge in [0.05, 0.1) is 6.04 Å². The summed E-state index contributed by atoms with van der Waals surface area (Å²) >= 11 is 0. The lowest BCUT2D eigenvalue weighted by molar-refractivity contribution is 0.00718. The Hall–Kier alpha value is -0.940. The highest BCUT2D eigenvalue weighted by molar-refractivity contribution is 4.98. The third kappa shape index (κ3) is 2.80. The lowest BCUT2D eigenvalue weighted by atomic mass is 9.88. The molecule has 0 spiro atoms. The number of methoxy groups -OCH3 is 1. The maximum Gasteiger partial charge on any atom is 0.243 e. The first kappa shape index (κ1) is 13.1. The summed E-state index contributed by atoms with van der Waals surface area (Å²) in [6, 6.07) is 0.0544. The van der Waals surface area contributed by atoms with Crippen molar-refractivity contribution in [1.29, 1.82) is 0 Å². The maximum atomic E-state index is 5.42. The Balaban J connectivity index is 2.91. The van der Waals surface area contributed by atoms with Gasteiger partial charge >= 0.3 is 0 Å². The van der Waals surface area contributed by atoms with E-state index in [1.54, 1.807) is 7.11 Å². The molecule has 5 heteroatoms. The second-order valence-electron chi connectivity index (χ2n) is 4.98. The molecule has 0 saturated heterocycles. The standard InChI is InChI=1S/C11H21N3O2/c1-7(12-5)10-13-9(14-16-10)8(15-6)11(2,3)4/h7-8,12H,1-6H3. The van der Waals surface area contributed by atoms with Crippen molar-refractivity contribution in [2.75, 3.05) is 14.2 Å². The normalized spacial score (nSPS) is 16.1. The fraction of sp³-hybridized carbons (Fsp3) is 0.818. The van der Waals surface area contributed by atoms with Crippen LogP contribution in [0.15, 0.2) is 4.52 Å². The first-order valence-electron chi connectivity index (χ1n) is 5.43. The predicted octanol–water partition coefficient (Wildman–Crippen LogP) is 2.08. The van der Waals surface area contributed by atoms with Crippen LogP contribution < -0.4 is 5.32 Å². The van der Waals surface area contributed by atoms with Crippen LogP contribution in [0.3, 0.4) is 0 Å². The van der Waals surface area contributed by atoms with E-state index in [0.29, 0.717) is 11.7 Å². The van der Waals surface area contributed by atoms with Crippen molar-refractivity contribution in [3.8, 4) is 0 Å². The molecule has 0 aliphatic rings. The number of ether oxygens (including phenoxy) is 1. The summed E-state index contributed by atoms with van der Waals surface area (Å²) in [7, 11) is 3.51. The van der Waals surface area contributed by atoms with Gasteiger partial charge in [-0.25, -0.2) is 0 Å². The Morgan fingerprint density at radius 3 is 2.44 bits per heavy atom. The van der Waals surface area contributed by atoms with Crippen LogP contribution >= 0.6 is 0 Å². The average Bonchev–Trinajstić information content (AvgIpc) is 2.64. The molecular formula is C11H21N3O2. The number of aromatic nitrogens is 2. The van der Waals surface area contributed by atoms with E-state index in [1.165, 1.54) is 0 Å². The zero-order chi connectivity index (χ0) is 12.3. The number of hydrogen-bond acceptors (Lipinski definition) is 5. The average molecular weight is 227 g/mol. The van der Waals surface area contributed by atoms with Crippen LogP contribution in [0.4, 0.5) is 0 Å². The molecule has 2 atom stereocenters. The topological polar surface area (TPSA) is 60.2 Å². The molecule has 1 N–H and O–H groups in total. The maximum absolute atomic E-state index is 5.42. The number of hydrogen-bond donors (Lipinski definition) is 1. The van der Waals surface area contributed by atoms with E-state index < -0.39 is 0 Å². The lowest BCUT2D eigenvalue weighted by Crippen LogP contribution is -2.21. The van der Waals surface area contributed by atoms with Crippen molar-refractivity contribution in [2.45, 2.75) is 39.8 Å². The molecule has 5 nitrogen and oxygen atoms in total. The Labute approximate surface area is 96.6 Å². The number of rotatable bonds is 4. The summed E-state index contributed by atoms with van der Waals surface area (Å²) in [4.78, 5) is 4.35. The van der Waals surface area contributed by atoms with Crippen LogP contribution in [0, 0.1) is 5.41 Å². The minimum Gasteiger partial charge on any atom is -0.373 e. The van der Waals surface area contributed by atoms with Crippen LogP contribution in [0.25, 0.3) is 0 Å². The lowest BCUT2D eigenvalue weighted by Gasteiger charge is -2.26. The minimum atomic E-state index is -0.158. The Morgan fingerprint density at radius 2 is 2.00 bits per heavy atom. The van der Waals surface area contributed by atoms with E-state index in [4.69, 9.17) is 9.26 Å². The summed E-state index contributed by atoms with van der Waals surface area (Å²) in [5, 5.41) is 7.02. The van der Waals surface area contributed by atoms with E-state index in [0.717, 1.165) is 0 Å². The van der Waals surface area contributed by atoms with Crippen LogP contribution in [0.2, 0.25) is 0 Å². The Morgan fingerprint density at radius 1 is 1.38 bits per heavy atom. The molecule has 0 aromatic carbocycles. The second kappa shape index (κ2) is 4.93. The first-order valence-corrected chi connectivity index (χ1v) is 5.43. The van der Waals surface area contributed by atoms with Crippen molar-refractivity contribution in [1.82, 2.24) is 15.5 Å². The smallest absolute Gasteiger partial charge is 0.243 e. The molecule has 16 heavy (non-hydrogen) atoms. The summed E-state index contributed by atoms with van der Waals surface area (Å²) in [5.74, 6) is 1.19. The van der Waals surface area contributed by atoms with Gasteiger partial charge in [0, 0.05) is 7.11 Å². The molecule has 1 aromatic heterocycles. The van der Waals surface area contributed by atoms with Gasteiger partial charge in [-0.15, -0.1) is 0 Å². The van der Waals surface area contributed by atoms with Gasteiger partial charge in [0.1, 0.15) is 6.10 Å². The molecule has 0 aliphatic heterocycles.